The van der Waals surface area contributed by atoms with Gasteiger partial charge in [0.1, 0.15) is 0 Å². The molecule has 14 heavy (non-hydrogen) atoms. The zero-order chi connectivity index (χ0) is 9.97. The molecule has 0 saturated carbocycles. The molecular weight excluding hydrogens is 176 g/mol. The fourth-order valence-electron chi connectivity index (χ4n) is 1.79. The normalized spacial score (nSPS) is 14.8. The van der Waals surface area contributed by atoms with Crippen LogP contribution in [0, 0.1) is 5.92 Å². The summed E-state index contributed by atoms with van der Waals surface area (Å²) in [6.45, 7) is 5.44. The summed E-state index contributed by atoms with van der Waals surface area (Å²) in [5, 5.41) is 8.24. The molecule has 0 unspecified atom stereocenters. The van der Waals surface area contributed by atoms with E-state index in [0.717, 1.165) is 25.3 Å². The molecule has 1 heterocycles. The Labute approximate surface area is 84.7 Å². The van der Waals surface area contributed by atoms with Crippen LogP contribution < -0.4 is 5.43 Å². The van der Waals surface area contributed by atoms with Gasteiger partial charge in [-0.2, -0.15) is 4.79 Å². The lowest BCUT2D eigenvalue weighted by Crippen LogP contribution is -2.20. The number of nitrogens with one attached hydrogen (secondary N) is 1. The van der Waals surface area contributed by atoms with Gasteiger partial charge in [-0.25, -0.2) is 0 Å². The van der Waals surface area contributed by atoms with E-state index >= 15 is 0 Å². The lowest BCUT2D eigenvalue weighted by molar-refractivity contribution is 0.563. The number of nitrogens with zero attached hydrogens (tertiary/aromatic N) is 3. The quantitative estimate of drug-likeness (QED) is 0.787. The first-order chi connectivity index (χ1) is 6.77. The Morgan fingerprint density at radius 2 is 2.29 bits per heavy atom. The van der Waals surface area contributed by atoms with Crippen LogP contribution in [0.4, 0.5) is 0 Å². The minimum absolute atomic E-state index is 0.735. The van der Waals surface area contributed by atoms with E-state index in [4.69, 9.17) is 0 Å². The zero-order valence-corrected chi connectivity index (χ0v) is 8.95. The van der Waals surface area contributed by atoms with Gasteiger partial charge < -0.3 is 5.43 Å². The van der Waals surface area contributed by atoms with Gasteiger partial charge in [0.15, 0.2) is 0 Å². The van der Waals surface area contributed by atoms with Crippen LogP contribution in [0.25, 0.3) is 0 Å². The molecule has 0 bridgehead atoms. The van der Waals surface area contributed by atoms with Gasteiger partial charge in [0.25, 0.3) is 0 Å². The Bertz CT molecular complexity index is 303. The summed E-state index contributed by atoms with van der Waals surface area (Å²) in [6.07, 6.45) is 4.62. The van der Waals surface area contributed by atoms with E-state index < -0.39 is 0 Å². The summed E-state index contributed by atoms with van der Waals surface area (Å²) in [5.74, 6) is 0.735. The molecule has 1 aliphatic carbocycles. The van der Waals surface area contributed by atoms with Crippen LogP contribution >= 0.6 is 0 Å². The maximum Gasteiger partial charge on any atom is 0.0881 e. The Balaban J connectivity index is 1.90. The second-order valence-corrected chi connectivity index (χ2v) is 4.34. The van der Waals surface area contributed by atoms with E-state index in [-0.39, 0.29) is 0 Å². The van der Waals surface area contributed by atoms with Crippen molar-refractivity contribution in [2.45, 2.75) is 39.5 Å². The van der Waals surface area contributed by atoms with Crippen LogP contribution in [-0.2, 0) is 12.8 Å². The maximum atomic E-state index is 4.14. The number of hydrogen-bond donors (Lipinski definition) is 1. The minimum Gasteiger partial charge on any atom is -0.308 e. The minimum atomic E-state index is 0.735. The molecule has 0 aliphatic heterocycles. The van der Waals surface area contributed by atoms with Crippen molar-refractivity contribution in [2.24, 2.45) is 5.92 Å². The van der Waals surface area contributed by atoms with Crippen LogP contribution in [0.15, 0.2) is 0 Å². The average molecular weight is 194 g/mol. The van der Waals surface area contributed by atoms with Crippen molar-refractivity contribution in [3.05, 3.63) is 11.4 Å². The number of hydrogen-bond acceptors (Lipinski definition) is 3. The monoisotopic (exact) mass is 194 g/mol. The Morgan fingerprint density at radius 3 is 3.07 bits per heavy atom. The van der Waals surface area contributed by atoms with Crippen LogP contribution in [0.1, 0.15) is 38.1 Å². The van der Waals surface area contributed by atoms with Gasteiger partial charge in [0, 0.05) is 6.54 Å². The first-order valence-electron chi connectivity index (χ1n) is 5.44. The fourth-order valence-corrected chi connectivity index (χ4v) is 1.79. The maximum absolute atomic E-state index is 4.14. The third-order valence-corrected chi connectivity index (χ3v) is 2.65. The summed E-state index contributed by atoms with van der Waals surface area (Å²) < 4.78 is 0. The first-order valence-corrected chi connectivity index (χ1v) is 5.44. The van der Waals surface area contributed by atoms with Crippen molar-refractivity contribution in [2.75, 3.05) is 12.0 Å². The predicted molar refractivity (Wildman–Crippen MR) is 55.7 cm³/mol. The lowest BCUT2D eigenvalue weighted by Gasteiger charge is -2.09. The van der Waals surface area contributed by atoms with Crippen molar-refractivity contribution in [3.8, 4) is 0 Å². The van der Waals surface area contributed by atoms with Gasteiger partial charge in [-0.05, 0) is 36.8 Å². The molecule has 0 saturated heterocycles. The van der Waals surface area contributed by atoms with E-state index in [0.29, 0.717) is 0 Å². The predicted octanol–water partition coefficient (Wildman–Crippen LogP) is 1.36. The zero-order valence-electron chi connectivity index (χ0n) is 8.95. The number of rotatable bonds is 4. The highest BCUT2D eigenvalue weighted by Gasteiger charge is 2.18. The van der Waals surface area contributed by atoms with Gasteiger partial charge in [-0.1, -0.05) is 13.8 Å². The van der Waals surface area contributed by atoms with E-state index in [1.165, 1.54) is 24.2 Å². The Morgan fingerprint density at radius 1 is 1.43 bits per heavy atom. The Kier molecular flexibility index (Phi) is 2.70. The molecule has 1 aromatic rings. The van der Waals surface area contributed by atoms with Crippen molar-refractivity contribution in [1.29, 1.82) is 0 Å². The molecular formula is C10H18N4. The standard InChI is InChI=1S/C10H18N4/c1-8(2)6-7-11-14-10-5-3-4-9(10)12-13-14/h8,11H,3-7H2,1-2H3. The molecule has 0 radical (unpaired) electrons. The molecule has 0 spiro atoms. The van der Waals surface area contributed by atoms with Crippen molar-refractivity contribution in [1.82, 2.24) is 15.1 Å². The molecule has 0 aromatic carbocycles. The smallest absolute Gasteiger partial charge is 0.0881 e. The van der Waals surface area contributed by atoms with E-state index in [9.17, 15) is 0 Å². The molecule has 4 nitrogen and oxygen atoms in total. The van der Waals surface area contributed by atoms with Crippen molar-refractivity contribution >= 4 is 0 Å². The van der Waals surface area contributed by atoms with Gasteiger partial charge in [0.2, 0.25) is 0 Å². The summed E-state index contributed by atoms with van der Waals surface area (Å²) in [4.78, 5) is 1.87. The van der Waals surface area contributed by atoms with E-state index in [1.807, 2.05) is 4.79 Å². The number of fused-ring (bicyclic) bond motifs is 1. The third kappa shape index (κ3) is 1.89. The number of aromatic nitrogens is 3. The topological polar surface area (TPSA) is 42.7 Å². The van der Waals surface area contributed by atoms with Crippen LogP contribution in [0.5, 0.6) is 0 Å². The highest BCUT2D eigenvalue weighted by Crippen LogP contribution is 2.17. The average Bonchev–Trinajstić information content (AvgIpc) is 2.67. The highest BCUT2D eigenvalue weighted by molar-refractivity contribution is 5.16. The summed E-state index contributed by atoms with van der Waals surface area (Å²) in [7, 11) is 0. The summed E-state index contributed by atoms with van der Waals surface area (Å²) in [5.41, 5.74) is 5.77. The van der Waals surface area contributed by atoms with Crippen LogP contribution in [-0.4, -0.2) is 21.6 Å². The third-order valence-electron chi connectivity index (χ3n) is 2.65. The largest absolute Gasteiger partial charge is 0.308 e. The molecule has 1 aliphatic rings. The van der Waals surface area contributed by atoms with Crippen molar-refractivity contribution < 1.29 is 0 Å². The first kappa shape index (κ1) is 9.49. The van der Waals surface area contributed by atoms with Crippen LogP contribution in [0.2, 0.25) is 0 Å². The van der Waals surface area contributed by atoms with Gasteiger partial charge in [0.05, 0.1) is 11.4 Å². The van der Waals surface area contributed by atoms with E-state index in [1.54, 1.807) is 0 Å². The van der Waals surface area contributed by atoms with Gasteiger partial charge in [-0.15, -0.1) is 5.10 Å². The molecule has 0 atom stereocenters. The SMILES string of the molecule is CC(C)CCNn1nnc2c1CCC2. The molecule has 0 amide bonds. The molecule has 78 valence electrons. The van der Waals surface area contributed by atoms with Gasteiger partial charge in [-0.3, -0.25) is 0 Å². The van der Waals surface area contributed by atoms with Gasteiger partial charge >= 0.3 is 0 Å². The lowest BCUT2D eigenvalue weighted by atomic mass is 10.1. The fraction of sp³-hybridized carbons (Fsp3) is 0.800. The molecule has 1 aromatic heterocycles. The Hall–Kier alpha value is -1.06. The molecule has 4 heteroatoms. The van der Waals surface area contributed by atoms with Crippen LogP contribution in [0.3, 0.4) is 0 Å². The molecule has 2 rings (SSSR count). The second-order valence-electron chi connectivity index (χ2n) is 4.34. The van der Waals surface area contributed by atoms with E-state index in [2.05, 4.69) is 29.6 Å². The highest BCUT2D eigenvalue weighted by atomic mass is 15.6. The molecule has 0 fully saturated rings. The van der Waals surface area contributed by atoms with Crippen molar-refractivity contribution in [3.63, 3.8) is 0 Å². The summed E-state index contributed by atoms with van der Waals surface area (Å²) in [6, 6.07) is 0. The molecule has 1 N–H and O–H groups in total. The number of aryl methyl sites for hydroxylation is 1. The second kappa shape index (κ2) is 3.98. The summed E-state index contributed by atoms with van der Waals surface area (Å²) >= 11 is 0.